The average molecular weight is 127 g/mol. The third-order valence-corrected chi connectivity index (χ3v) is 1.01. The van der Waals surface area contributed by atoms with Gasteiger partial charge in [0.2, 0.25) is 5.91 Å². The van der Waals surface area contributed by atoms with Crippen LogP contribution in [0.3, 0.4) is 0 Å². The van der Waals surface area contributed by atoms with E-state index in [1.54, 1.807) is 0 Å². The average Bonchev–Trinajstić information content (AvgIpc) is 1.63. The van der Waals surface area contributed by atoms with E-state index in [-0.39, 0.29) is 5.91 Å². The summed E-state index contributed by atoms with van der Waals surface area (Å²) in [5.41, 5.74) is 6.00. The predicted octanol–water partition coefficient (Wildman–Crippen LogP) is 1.22. The fourth-order valence-electron chi connectivity index (χ4n) is 0.695. The minimum Gasteiger partial charge on any atom is -0.369 e. The number of carbonyl (C=O) groups excluding carboxylic acids is 1. The zero-order valence-corrected chi connectivity index (χ0v) is 5.98. The molecule has 2 heteroatoms. The molecule has 0 saturated carbocycles. The number of primary amides is 1. The minimum atomic E-state index is -0.253. The molecule has 0 aromatic heterocycles. The Morgan fingerprint density at radius 3 is 2.56 bits per heavy atom. The SMILES string of the molecule is CC/C=C(/C)CC(N)=O. The van der Waals surface area contributed by atoms with E-state index in [4.69, 9.17) is 5.73 Å². The van der Waals surface area contributed by atoms with E-state index in [0.717, 1.165) is 12.0 Å². The number of carbonyl (C=O) groups is 1. The van der Waals surface area contributed by atoms with Crippen molar-refractivity contribution in [2.24, 2.45) is 5.73 Å². The van der Waals surface area contributed by atoms with Gasteiger partial charge in [0.15, 0.2) is 0 Å². The number of amides is 1. The number of nitrogens with two attached hydrogens (primary N) is 1. The first-order chi connectivity index (χ1) is 4.16. The molecule has 0 heterocycles. The second-order valence-corrected chi connectivity index (χ2v) is 2.10. The van der Waals surface area contributed by atoms with Gasteiger partial charge in [0.05, 0.1) is 0 Å². The summed E-state index contributed by atoms with van der Waals surface area (Å²) in [6.07, 6.45) is 3.37. The van der Waals surface area contributed by atoms with Crippen LogP contribution in [-0.4, -0.2) is 5.91 Å². The van der Waals surface area contributed by atoms with E-state index in [2.05, 4.69) is 0 Å². The largest absolute Gasteiger partial charge is 0.369 e. The smallest absolute Gasteiger partial charge is 0.221 e. The molecule has 0 bridgehead atoms. The molecule has 0 aliphatic rings. The lowest BCUT2D eigenvalue weighted by Gasteiger charge is -1.93. The van der Waals surface area contributed by atoms with Crippen LogP contribution in [0.5, 0.6) is 0 Å². The van der Waals surface area contributed by atoms with Crippen molar-refractivity contribution in [2.75, 3.05) is 0 Å². The van der Waals surface area contributed by atoms with E-state index in [1.807, 2.05) is 19.9 Å². The monoisotopic (exact) mass is 127 g/mol. The fraction of sp³-hybridized carbons (Fsp3) is 0.571. The summed E-state index contributed by atoms with van der Waals surface area (Å²) < 4.78 is 0. The maximum absolute atomic E-state index is 10.3. The zero-order chi connectivity index (χ0) is 7.28. The van der Waals surface area contributed by atoms with E-state index >= 15 is 0 Å². The van der Waals surface area contributed by atoms with E-state index in [1.165, 1.54) is 0 Å². The van der Waals surface area contributed by atoms with Crippen molar-refractivity contribution in [3.63, 3.8) is 0 Å². The molecule has 0 fully saturated rings. The molecule has 0 unspecified atom stereocenters. The van der Waals surface area contributed by atoms with Crippen molar-refractivity contribution < 1.29 is 4.79 Å². The molecule has 0 spiro atoms. The van der Waals surface area contributed by atoms with Crippen LogP contribution in [0.25, 0.3) is 0 Å². The number of rotatable bonds is 3. The Labute approximate surface area is 55.7 Å². The predicted molar refractivity (Wildman–Crippen MR) is 37.9 cm³/mol. The summed E-state index contributed by atoms with van der Waals surface area (Å²) in [7, 11) is 0. The van der Waals surface area contributed by atoms with Gasteiger partial charge in [0.1, 0.15) is 0 Å². The molecule has 52 valence electrons. The van der Waals surface area contributed by atoms with Gasteiger partial charge in [0.25, 0.3) is 0 Å². The van der Waals surface area contributed by atoms with E-state index < -0.39 is 0 Å². The van der Waals surface area contributed by atoms with Crippen molar-refractivity contribution in [1.29, 1.82) is 0 Å². The van der Waals surface area contributed by atoms with Crippen LogP contribution in [-0.2, 0) is 4.79 Å². The lowest BCUT2D eigenvalue weighted by atomic mass is 10.2. The highest BCUT2D eigenvalue weighted by Gasteiger charge is 1.93. The molecule has 0 aliphatic heterocycles. The Morgan fingerprint density at radius 1 is 1.67 bits per heavy atom. The molecule has 1 amide bonds. The Morgan fingerprint density at radius 2 is 2.22 bits per heavy atom. The topological polar surface area (TPSA) is 43.1 Å². The highest BCUT2D eigenvalue weighted by atomic mass is 16.1. The highest BCUT2D eigenvalue weighted by molar-refractivity contribution is 5.76. The van der Waals surface area contributed by atoms with Gasteiger partial charge in [-0.05, 0) is 13.3 Å². The Balaban J connectivity index is 3.62. The maximum Gasteiger partial charge on any atom is 0.221 e. The second-order valence-electron chi connectivity index (χ2n) is 2.10. The summed E-state index contributed by atoms with van der Waals surface area (Å²) in [4.78, 5) is 10.3. The van der Waals surface area contributed by atoms with Crippen LogP contribution in [0.15, 0.2) is 11.6 Å². The van der Waals surface area contributed by atoms with Gasteiger partial charge >= 0.3 is 0 Å². The Kier molecular flexibility index (Phi) is 3.76. The molecule has 0 aliphatic carbocycles. The molecular weight excluding hydrogens is 114 g/mol. The van der Waals surface area contributed by atoms with Crippen LogP contribution in [0.1, 0.15) is 26.7 Å². The van der Waals surface area contributed by atoms with Crippen LogP contribution >= 0.6 is 0 Å². The van der Waals surface area contributed by atoms with Crippen LogP contribution in [0.2, 0.25) is 0 Å². The number of allylic oxidation sites excluding steroid dienone is 1. The van der Waals surface area contributed by atoms with Gasteiger partial charge in [-0.3, -0.25) is 4.79 Å². The summed E-state index contributed by atoms with van der Waals surface area (Å²) in [6.45, 7) is 3.94. The quantitative estimate of drug-likeness (QED) is 0.569. The first kappa shape index (κ1) is 8.21. The van der Waals surface area contributed by atoms with E-state index in [9.17, 15) is 4.79 Å². The maximum atomic E-state index is 10.3. The first-order valence-corrected chi connectivity index (χ1v) is 3.10. The summed E-state index contributed by atoms with van der Waals surface area (Å²) in [6, 6.07) is 0. The van der Waals surface area contributed by atoms with Gasteiger partial charge in [-0.1, -0.05) is 18.6 Å². The third-order valence-electron chi connectivity index (χ3n) is 1.01. The van der Waals surface area contributed by atoms with Gasteiger partial charge in [-0.2, -0.15) is 0 Å². The molecule has 9 heavy (non-hydrogen) atoms. The van der Waals surface area contributed by atoms with Gasteiger partial charge in [-0.25, -0.2) is 0 Å². The van der Waals surface area contributed by atoms with Crippen molar-refractivity contribution in [3.05, 3.63) is 11.6 Å². The molecular formula is C7H13NO. The Hall–Kier alpha value is -0.790. The van der Waals surface area contributed by atoms with Crippen molar-refractivity contribution in [2.45, 2.75) is 26.7 Å². The summed E-state index contributed by atoms with van der Waals surface area (Å²) in [5, 5.41) is 0. The second kappa shape index (κ2) is 4.13. The Bertz CT molecular complexity index is 127. The lowest BCUT2D eigenvalue weighted by Crippen LogP contribution is -2.10. The molecule has 0 saturated heterocycles. The summed E-state index contributed by atoms with van der Waals surface area (Å²) in [5.74, 6) is -0.253. The highest BCUT2D eigenvalue weighted by Crippen LogP contribution is 1.98. The van der Waals surface area contributed by atoms with Gasteiger partial charge < -0.3 is 5.73 Å². The molecule has 2 N–H and O–H groups in total. The molecule has 2 nitrogen and oxygen atoms in total. The lowest BCUT2D eigenvalue weighted by molar-refractivity contribution is -0.117. The first-order valence-electron chi connectivity index (χ1n) is 3.10. The molecule has 0 atom stereocenters. The normalized spacial score (nSPS) is 11.6. The molecule has 0 aromatic rings. The molecule has 0 aromatic carbocycles. The summed E-state index contributed by atoms with van der Waals surface area (Å²) >= 11 is 0. The fourth-order valence-corrected chi connectivity index (χ4v) is 0.695. The standard InChI is InChI=1S/C7H13NO/c1-3-4-6(2)5-7(8)9/h4H,3,5H2,1-2H3,(H2,8,9)/b6-4-. The van der Waals surface area contributed by atoms with E-state index in [0.29, 0.717) is 6.42 Å². The van der Waals surface area contributed by atoms with Gasteiger partial charge in [0, 0.05) is 6.42 Å². The number of hydrogen-bond acceptors (Lipinski definition) is 1. The van der Waals surface area contributed by atoms with Crippen LogP contribution in [0.4, 0.5) is 0 Å². The van der Waals surface area contributed by atoms with Crippen LogP contribution < -0.4 is 5.73 Å². The molecule has 0 rings (SSSR count). The number of hydrogen-bond donors (Lipinski definition) is 1. The minimum absolute atomic E-state index is 0.253. The van der Waals surface area contributed by atoms with Crippen molar-refractivity contribution in [3.8, 4) is 0 Å². The third kappa shape index (κ3) is 5.07. The van der Waals surface area contributed by atoms with Crippen molar-refractivity contribution in [1.82, 2.24) is 0 Å². The van der Waals surface area contributed by atoms with Crippen molar-refractivity contribution >= 4 is 5.91 Å². The molecule has 0 radical (unpaired) electrons. The van der Waals surface area contributed by atoms with Gasteiger partial charge in [-0.15, -0.1) is 0 Å². The zero-order valence-electron chi connectivity index (χ0n) is 5.98. The van der Waals surface area contributed by atoms with Crippen LogP contribution in [0, 0.1) is 0 Å².